The Labute approximate surface area is 122 Å². The highest BCUT2D eigenvalue weighted by atomic mass is 32.1. The fourth-order valence-electron chi connectivity index (χ4n) is 2.28. The monoisotopic (exact) mass is 300 g/mol. The van der Waals surface area contributed by atoms with E-state index in [9.17, 15) is 9.90 Å². The van der Waals surface area contributed by atoms with E-state index in [0.717, 1.165) is 5.13 Å². The van der Waals surface area contributed by atoms with Crippen LogP contribution in [0.25, 0.3) is 0 Å². The first-order valence-electron chi connectivity index (χ1n) is 6.48. The first-order valence-corrected chi connectivity index (χ1v) is 7.36. The number of aliphatic hydroxyl groups is 1. The predicted octanol–water partition coefficient (Wildman–Crippen LogP) is 0.835. The molecule has 0 radical (unpaired) electrons. The second-order valence-electron chi connectivity index (χ2n) is 5.44. The lowest BCUT2D eigenvalue weighted by Crippen LogP contribution is -2.54. The van der Waals surface area contributed by atoms with Crippen LogP contribution in [0, 0.1) is 0 Å². The molecular weight excluding hydrogens is 280 g/mol. The minimum absolute atomic E-state index is 0.0136. The van der Waals surface area contributed by atoms with Gasteiger partial charge >= 0.3 is 5.97 Å². The summed E-state index contributed by atoms with van der Waals surface area (Å²) in [7, 11) is 1.37. The normalized spacial score (nSPS) is 21.8. The number of aliphatic hydroxyl groups excluding tert-OH is 1. The summed E-state index contributed by atoms with van der Waals surface area (Å²) in [5.41, 5.74) is 0.376. The molecule has 7 heteroatoms. The van der Waals surface area contributed by atoms with Gasteiger partial charge in [-0.3, -0.25) is 4.79 Å². The van der Waals surface area contributed by atoms with Gasteiger partial charge in [0.2, 0.25) is 0 Å². The van der Waals surface area contributed by atoms with Gasteiger partial charge in [-0.05, 0) is 13.8 Å². The maximum absolute atomic E-state index is 11.2. The Morgan fingerprint density at radius 2 is 2.45 bits per heavy atom. The second kappa shape index (κ2) is 6.07. The van der Waals surface area contributed by atoms with E-state index in [0.29, 0.717) is 18.8 Å². The molecule has 1 unspecified atom stereocenters. The first kappa shape index (κ1) is 15.2. The van der Waals surface area contributed by atoms with Crippen molar-refractivity contribution in [1.82, 2.24) is 4.98 Å². The molecule has 1 atom stereocenters. The third-order valence-electron chi connectivity index (χ3n) is 3.05. The minimum Gasteiger partial charge on any atom is -0.469 e. The molecule has 1 aliphatic heterocycles. The van der Waals surface area contributed by atoms with Crippen molar-refractivity contribution in [2.45, 2.75) is 32.0 Å². The van der Waals surface area contributed by atoms with E-state index in [1.165, 1.54) is 18.4 Å². The van der Waals surface area contributed by atoms with Gasteiger partial charge in [0.05, 0.1) is 37.5 Å². The highest BCUT2D eigenvalue weighted by Gasteiger charge is 2.34. The van der Waals surface area contributed by atoms with Gasteiger partial charge in [0.1, 0.15) is 0 Å². The van der Waals surface area contributed by atoms with Crippen molar-refractivity contribution in [1.29, 1.82) is 0 Å². The van der Waals surface area contributed by atoms with Crippen LogP contribution >= 0.6 is 11.3 Å². The second-order valence-corrected chi connectivity index (χ2v) is 6.27. The average molecular weight is 300 g/mol. The van der Waals surface area contributed by atoms with Gasteiger partial charge in [0.15, 0.2) is 5.13 Å². The number of methoxy groups -OCH3 is 1. The van der Waals surface area contributed by atoms with Gasteiger partial charge in [-0.2, -0.15) is 0 Å². The Morgan fingerprint density at radius 1 is 1.70 bits per heavy atom. The molecule has 2 heterocycles. The summed E-state index contributed by atoms with van der Waals surface area (Å²) in [5, 5.41) is 12.0. The third kappa shape index (κ3) is 3.68. The van der Waals surface area contributed by atoms with Crippen LogP contribution in [0.15, 0.2) is 5.38 Å². The number of nitrogens with zero attached hydrogens (tertiary/aromatic N) is 2. The standard InChI is InChI=1S/C13H20N2O4S/c1-13(2)8-15(5-10(6-16)19-13)12-14-9(7-20-12)4-11(17)18-3/h7,10,16H,4-6,8H2,1-3H3. The van der Waals surface area contributed by atoms with Crippen LogP contribution in [0.1, 0.15) is 19.5 Å². The third-order valence-corrected chi connectivity index (χ3v) is 4.00. The van der Waals surface area contributed by atoms with Crippen LogP contribution in [-0.2, 0) is 20.7 Å². The van der Waals surface area contributed by atoms with Crippen LogP contribution in [0.5, 0.6) is 0 Å². The Morgan fingerprint density at radius 3 is 3.10 bits per heavy atom. The molecule has 0 bridgehead atoms. The average Bonchev–Trinajstić information content (AvgIpc) is 2.85. The molecule has 20 heavy (non-hydrogen) atoms. The number of carbonyl (C=O) groups is 1. The summed E-state index contributed by atoms with van der Waals surface area (Å²) >= 11 is 1.49. The first-order chi connectivity index (χ1) is 9.43. The summed E-state index contributed by atoms with van der Waals surface area (Å²) in [4.78, 5) is 17.8. The fraction of sp³-hybridized carbons (Fsp3) is 0.692. The molecule has 112 valence electrons. The van der Waals surface area contributed by atoms with Crippen LogP contribution < -0.4 is 4.90 Å². The maximum atomic E-state index is 11.2. The Hall–Kier alpha value is -1.18. The zero-order chi connectivity index (χ0) is 14.8. The number of ether oxygens (including phenoxy) is 2. The number of rotatable bonds is 4. The predicted molar refractivity (Wildman–Crippen MR) is 76.1 cm³/mol. The molecule has 1 N–H and O–H groups in total. The number of carbonyl (C=O) groups excluding carboxylic acids is 1. The van der Waals surface area contributed by atoms with Gasteiger partial charge in [-0.1, -0.05) is 0 Å². The number of morpholine rings is 1. The number of hydrogen-bond donors (Lipinski definition) is 1. The summed E-state index contributed by atoms with van der Waals surface area (Å²) < 4.78 is 10.4. The molecule has 0 amide bonds. The van der Waals surface area contributed by atoms with Crippen molar-refractivity contribution in [3.05, 3.63) is 11.1 Å². The molecule has 1 aliphatic rings. The Balaban J connectivity index is 2.08. The topological polar surface area (TPSA) is 71.9 Å². The minimum atomic E-state index is -0.334. The van der Waals surface area contributed by atoms with E-state index in [-0.39, 0.29) is 30.7 Å². The van der Waals surface area contributed by atoms with Crippen molar-refractivity contribution in [3.8, 4) is 0 Å². The number of anilines is 1. The Kier molecular flexibility index (Phi) is 4.62. The number of aromatic nitrogens is 1. The molecule has 1 aromatic rings. The highest BCUT2D eigenvalue weighted by Crippen LogP contribution is 2.28. The maximum Gasteiger partial charge on any atom is 0.311 e. The molecule has 1 saturated heterocycles. The molecule has 1 fully saturated rings. The van der Waals surface area contributed by atoms with Gasteiger partial charge in [-0.25, -0.2) is 4.98 Å². The van der Waals surface area contributed by atoms with E-state index in [1.807, 2.05) is 19.2 Å². The largest absolute Gasteiger partial charge is 0.469 e. The van der Waals surface area contributed by atoms with Gasteiger partial charge < -0.3 is 19.5 Å². The molecule has 2 rings (SSSR count). The lowest BCUT2D eigenvalue weighted by atomic mass is 10.1. The highest BCUT2D eigenvalue weighted by molar-refractivity contribution is 7.13. The number of thiazole rings is 1. The molecule has 0 saturated carbocycles. The molecule has 6 nitrogen and oxygen atoms in total. The fourth-order valence-corrected chi connectivity index (χ4v) is 3.11. The lowest BCUT2D eigenvalue weighted by molar-refractivity contribution is -0.139. The van der Waals surface area contributed by atoms with E-state index < -0.39 is 0 Å². The van der Waals surface area contributed by atoms with Crippen LogP contribution in [-0.4, -0.2) is 54.6 Å². The van der Waals surface area contributed by atoms with Crippen LogP contribution in [0.2, 0.25) is 0 Å². The lowest BCUT2D eigenvalue weighted by Gasteiger charge is -2.42. The summed E-state index contributed by atoms with van der Waals surface area (Å²) in [6, 6.07) is 0. The summed E-state index contributed by atoms with van der Waals surface area (Å²) in [6.07, 6.45) is -0.0313. The van der Waals surface area contributed by atoms with E-state index in [1.54, 1.807) is 0 Å². The van der Waals surface area contributed by atoms with Crippen molar-refractivity contribution in [3.63, 3.8) is 0 Å². The number of hydrogen-bond acceptors (Lipinski definition) is 7. The molecule has 0 aromatic carbocycles. The van der Waals surface area contributed by atoms with E-state index in [2.05, 4.69) is 14.6 Å². The molecule has 0 spiro atoms. The van der Waals surface area contributed by atoms with E-state index >= 15 is 0 Å². The van der Waals surface area contributed by atoms with Gasteiger partial charge in [0, 0.05) is 18.5 Å². The summed E-state index contributed by atoms with van der Waals surface area (Å²) in [5.74, 6) is -0.294. The van der Waals surface area contributed by atoms with Crippen LogP contribution in [0.4, 0.5) is 5.13 Å². The summed E-state index contributed by atoms with van der Waals surface area (Å²) in [6.45, 7) is 5.27. The molecule has 1 aromatic heterocycles. The van der Waals surface area contributed by atoms with Crippen molar-refractivity contribution in [2.24, 2.45) is 0 Å². The quantitative estimate of drug-likeness (QED) is 0.831. The van der Waals surface area contributed by atoms with Crippen molar-refractivity contribution in [2.75, 3.05) is 31.7 Å². The van der Waals surface area contributed by atoms with E-state index in [4.69, 9.17) is 4.74 Å². The van der Waals surface area contributed by atoms with Gasteiger partial charge in [-0.15, -0.1) is 11.3 Å². The Bertz CT molecular complexity index is 475. The van der Waals surface area contributed by atoms with Gasteiger partial charge in [0.25, 0.3) is 0 Å². The molecule has 0 aliphatic carbocycles. The molecular formula is C13H20N2O4S. The zero-order valence-electron chi connectivity index (χ0n) is 12.0. The smallest absolute Gasteiger partial charge is 0.311 e. The van der Waals surface area contributed by atoms with Crippen molar-refractivity contribution >= 4 is 22.4 Å². The van der Waals surface area contributed by atoms with Crippen LogP contribution in [0.3, 0.4) is 0 Å². The zero-order valence-corrected chi connectivity index (χ0v) is 12.8. The number of esters is 1. The SMILES string of the molecule is COC(=O)Cc1csc(N2CC(CO)OC(C)(C)C2)n1. The van der Waals surface area contributed by atoms with Crippen molar-refractivity contribution < 1.29 is 19.4 Å².